The van der Waals surface area contributed by atoms with Gasteiger partial charge in [0, 0.05) is 11.6 Å². The molecule has 0 aromatic heterocycles. The Bertz CT molecular complexity index is 1030. The van der Waals surface area contributed by atoms with Crippen molar-refractivity contribution in [2.45, 2.75) is 6.61 Å². The lowest BCUT2D eigenvalue weighted by Crippen LogP contribution is -2.04. The molecule has 29 heavy (non-hydrogen) atoms. The molecule has 6 nitrogen and oxygen atoms in total. The maximum absolute atomic E-state index is 12.5. The first kappa shape index (κ1) is 19.8. The molecule has 0 aliphatic carbocycles. The lowest BCUT2D eigenvalue weighted by atomic mass is 10.1. The number of ketones is 1. The summed E-state index contributed by atoms with van der Waals surface area (Å²) >= 11 is 0. The number of hydrogen-bond donors (Lipinski definition) is 0. The minimum atomic E-state index is -0.583. The van der Waals surface area contributed by atoms with Gasteiger partial charge in [0.1, 0.15) is 6.61 Å². The minimum Gasteiger partial charge on any atom is -0.493 e. The zero-order chi connectivity index (χ0) is 20.6. The van der Waals surface area contributed by atoms with E-state index in [2.05, 4.69) is 0 Å². The summed E-state index contributed by atoms with van der Waals surface area (Å²) in [5.41, 5.74) is 1.53. The van der Waals surface area contributed by atoms with Gasteiger partial charge in [0.05, 0.1) is 12.0 Å². The number of nitro benzene ring substituents is 1. The molecule has 0 saturated heterocycles. The van der Waals surface area contributed by atoms with Gasteiger partial charge in [-0.1, -0.05) is 66.7 Å². The average molecular weight is 389 g/mol. The summed E-state index contributed by atoms with van der Waals surface area (Å²) in [4.78, 5) is 23.6. The van der Waals surface area contributed by atoms with Crippen LogP contribution in [0.5, 0.6) is 11.5 Å². The molecule has 6 heteroatoms. The number of ether oxygens (including phenoxy) is 2. The van der Waals surface area contributed by atoms with Crippen molar-refractivity contribution in [2.75, 3.05) is 7.11 Å². The molecule has 0 aliphatic rings. The number of carbonyl (C=O) groups is 1. The molecule has 0 unspecified atom stereocenters. The van der Waals surface area contributed by atoms with E-state index in [9.17, 15) is 14.9 Å². The number of methoxy groups -OCH3 is 1. The third-order valence-electron chi connectivity index (χ3n) is 4.19. The molecule has 0 atom stereocenters. The second-order valence-corrected chi connectivity index (χ2v) is 6.17. The molecule has 3 rings (SSSR count). The molecule has 3 aromatic carbocycles. The fourth-order valence-corrected chi connectivity index (χ4v) is 2.72. The number of benzene rings is 3. The van der Waals surface area contributed by atoms with Gasteiger partial charge >= 0.3 is 5.69 Å². The highest BCUT2D eigenvalue weighted by Crippen LogP contribution is 2.39. The van der Waals surface area contributed by atoms with Crippen LogP contribution in [-0.2, 0) is 6.61 Å². The van der Waals surface area contributed by atoms with Crippen molar-refractivity contribution in [3.05, 3.63) is 106 Å². The van der Waals surface area contributed by atoms with Gasteiger partial charge < -0.3 is 9.47 Å². The topological polar surface area (TPSA) is 78.7 Å². The molecule has 0 aliphatic heterocycles. The predicted molar refractivity (Wildman–Crippen MR) is 110 cm³/mol. The van der Waals surface area contributed by atoms with E-state index in [0.717, 1.165) is 11.1 Å². The van der Waals surface area contributed by atoms with E-state index >= 15 is 0 Å². The first-order valence-electron chi connectivity index (χ1n) is 8.89. The number of allylic oxidation sites excluding steroid dienone is 1. The molecule has 0 fully saturated rings. The van der Waals surface area contributed by atoms with E-state index in [0.29, 0.717) is 0 Å². The number of nitro groups is 1. The third kappa shape index (κ3) is 5.07. The largest absolute Gasteiger partial charge is 0.493 e. The molecule has 0 heterocycles. The summed E-state index contributed by atoms with van der Waals surface area (Å²) in [7, 11) is 1.38. The summed E-state index contributed by atoms with van der Waals surface area (Å²) in [6.45, 7) is 0.138. The maximum Gasteiger partial charge on any atom is 0.315 e. The lowest BCUT2D eigenvalue weighted by Gasteiger charge is -2.12. The van der Waals surface area contributed by atoms with Crippen molar-refractivity contribution in [2.24, 2.45) is 0 Å². The molecule has 3 aromatic rings. The minimum absolute atomic E-state index is 0.00931. The zero-order valence-electron chi connectivity index (χ0n) is 15.8. The summed E-state index contributed by atoms with van der Waals surface area (Å²) < 4.78 is 10.9. The van der Waals surface area contributed by atoms with Gasteiger partial charge in [0.25, 0.3) is 0 Å². The van der Waals surface area contributed by atoms with Crippen molar-refractivity contribution in [3.8, 4) is 11.5 Å². The molecule has 0 radical (unpaired) electrons. The molecular weight excluding hydrogens is 370 g/mol. The van der Waals surface area contributed by atoms with Crippen LogP contribution in [0, 0.1) is 10.1 Å². The number of hydrogen-bond acceptors (Lipinski definition) is 5. The summed E-state index contributed by atoms with van der Waals surface area (Å²) in [5, 5.41) is 11.6. The Balaban J connectivity index is 1.89. The molecular formula is C23H19NO5. The summed E-state index contributed by atoms with van der Waals surface area (Å²) in [6.07, 6.45) is 3.03. The standard InChI is InChI=1S/C23H19NO5/c1-28-22-15-19(21(25)13-12-17-8-4-2-5-9-17)14-20(24(26)27)23(22)29-16-18-10-6-3-7-11-18/h2-15H,16H2,1H3/b13-12+. The maximum atomic E-state index is 12.5. The Morgan fingerprint density at radius 3 is 2.31 bits per heavy atom. The average Bonchev–Trinajstić information content (AvgIpc) is 2.76. The molecule has 0 amide bonds. The van der Waals surface area contributed by atoms with E-state index in [1.807, 2.05) is 60.7 Å². The van der Waals surface area contributed by atoms with Crippen LogP contribution in [0.3, 0.4) is 0 Å². The monoisotopic (exact) mass is 389 g/mol. The highest BCUT2D eigenvalue weighted by Gasteiger charge is 2.24. The van der Waals surface area contributed by atoms with Crippen LogP contribution in [0.2, 0.25) is 0 Å². The van der Waals surface area contributed by atoms with Gasteiger partial charge in [0.2, 0.25) is 5.75 Å². The Labute approximate surface area is 168 Å². The van der Waals surface area contributed by atoms with Crippen LogP contribution >= 0.6 is 0 Å². The summed E-state index contributed by atoms with van der Waals surface area (Å²) in [5.74, 6) is -0.249. The molecule has 146 valence electrons. The molecule has 0 saturated carbocycles. The van der Waals surface area contributed by atoms with Crippen molar-refractivity contribution < 1.29 is 19.2 Å². The van der Waals surface area contributed by atoms with Crippen LogP contribution in [0.1, 0.15) is 21.5 Å². The van der Waals surface area contributed by atoms with E-state index in [1.165, 1.54) is 25.3 Å². The molecule has 0 spiro atoms. The SMILES string of the molecule is COc1cc(C(=O)/C=C/c2ccccc2)cc([N+](=O)[O-])c1OCc1ccccc1. The van der Waals surface area contributed by atoms with Crippen molar-refractivity contribution in [1.29, 1.82) is 0 Å². The first-order chi connectivity index (χ1) is 14.1. The second kappa shape index (κ2) is 9.32. The number of carbonyl (C=O) groups excluding carboxylic acids is 1. The van der Waals surface area contributed by atoms with Gasteiger partial charge in [-0.15, -0.1) is 0 Å². The first-order valence-corrected chi connectivity index (χ1v) is 8.89. The van der Waals surface area contributed by atoms with Crippen molar-refractivity contribution >= 4 is 17.5 Å². The fraction of sp³-hybridized carbons (Fsp3) is 0.0870. The Hall–Kier alpha value is -3.93. The smallest absolute Gasteiger partial charge is 0.315 e. The summed E-state index contributed by atoms with van der Waals surface area (Å²) in [6, 6.07) is 21.2. The van der Waals surface area contributed by atoms with Gasteiger partial charge in [-0.05, 0) is 23.3 Å². The molecule has 0 N–H and O–H groups in total. The Morgan fingerprint density at radius 2 is 1.69 bits per heavy atom. The normalized spacial score (nSPS) is 10.7. The van der Waals surface area contributed by atoms with Crippen LogP contribution in [0.25, 0.3) is 6.08 Å². The van der Waals surface area contributed by atoms with Gasteiger partial charge in [-0.2, -0.15) is 0 Å². The molecule has 0 bridgehead atoms. The highest BCUT2D eigenvalue weighted by atomic mass is 16.6. The zero-order valence-corrected chi connectivity index (χ0v) is 15.8. The van der Waals surface area contributed by atoms with E-state index < -0.39 is 4.92 Å². The van der Waals surface area contributed by atoms with Gasteiger partial charge in [-0.3, -0.25) is 14.9 Å². The quantitative estimate of drug-likeness (QED) is 0.232. The number of nitrogens with zero attached hydrogens (tertiary/aromatic N) is 1. The van der Waals surface area contributed by atoms with Crippen LogP contribution < -0.4 is 9.47 Å². The van der Waals surface area contributed by atoms with Crippen LogP contribution in [-0.4, -0.2) is 17.8 Å². The Morgan fingerprint density at radius 1 is 1.03 bits per heavy atom. The Kier molecular flexibility index (Phi) is 6.37. The van der Waals surface area contributed by atoms with Gasteiger partial charge in [0.15, 0.2) is 11.5 Å². The van der Waals surface area contributed by atoms with Gasteiger partial charge in [-0.25, -0.2) is 0 Å². The van der Waals surface area contributed by atoms with E-state index in [1.54, 1.807) is 6.08 Å². The lowest BCUT2D eigenvalue weighted by molar-refractivity contribution is -0.386. The van der Waals surface area contributed by atoms with Crippen LogP contribution in [0.15, 0.2) is 78.9 Å². The predicted octanol–water partition coefficient (Wildman–Crippen LogP) is 5.08. The van der Waals surface area contributed by atoms with E-state index in [4.69, 9.17) is 9.47 Å². The van der Waals surface area contributed by atoms with Crippen molar-refractivity contribution in [1.82, 2.24) is 0 Å². The van der Waals surface area contributed by atoms with Crippen LogP contribution in [0.4, 0.5) is 5.69 Å². The second-order valence-electron chi connectivity index (χ2n) is 6.17. The van der Waals surface area contributed by atoms with E-state index in [-0.39, 0.29) is 35.1 Å². The third-order valence-corrected chi connectivity index (χ3v) is 4.19. The number of rotatable bonds is 8. The van der Waals surface area contributed by atoms with Crippen molar-refractivity contribution in [3.63, 3.8) is 0 Å². The highest BCUT2D eigenvalue weighted by molar-refractivity contribution is 6.07. The fourth-order valence-electron chi connectivity index (χ4n) is 2.72.